The van der Waals surface area contributed by atoms with Crippen molar-refractivity contribution in [3.63, 3.8) is 0 Å². The van der Waals surface area contributed by atoms with Crippen molar-refractivity contribution in [1.29, 1.82) is 0 Å². The molecule has 0 aliphatic carbocycles. The Hall–Kier alpha value is -3.85. The lowest BCUT2D eigenvalue weighted by Crippen LogP contribution is -2.52. The predicted molar refractivity (Wildman–Crippen MR) is 158 cm³/mol. The average molecular weight is 566 g/mol. The first-order valence-electron chi connectivity index (χ1n) is 13.4. The van der Waals surface area contributed by atoms with E-state index in [1.54, 1.807) is 37.3 Å². The molecule has 0 saturated heterocycles. The Labute approximate surface area is 238 Å². The quantitative estimate of drug-likeness (QED) is 0.339. The van der Waals surface area contributed by atoms with E-state index in [4.69, 9.17) is 4.74 Å². The summed E-state index contributed by atoms with van der Waals surface area (Å²) in [5.41, 5.74) is 2.93. The fourth-order valence-corrected chi connectivity index (χ4v) is 5.60. The lowest BCUT2D eigenvalue weighted by Gasteiger charge is -2.33. The first-order chi connectivity index (χ1) is 19.0. The van der Waals surface area contributed by atoms with Crippen molar-refractivity contribution < 1.29 is 22.7 Å². The molecule has 1 N–H and O–H groups in total. The fourth-order valence-electron chi connectivity index (χ4n) is 4.17. The van der Waals surface area contributed by atoms with E-state index in [0.717, 1.165) is 27.4 Å². The minimum absolute atomic E-state index is 0.0407. The van der Waals surface area contributed by atoms with Crippen molar-refractivity contribution in [2.45, 2.75) is 64.6 Å². The minimum atomic E-state index is -4.17. The molecule has 9 heteroatoms. The highest BCUT2D eigenvalue weighted by molar-refractivity contribution is 7.92. The summed E-state index contributed by atoms with van der Waals surface area (Å²) in [7, 11) is -2.72. The Morgan fingerprint density at radius 2 is 1.55 bits per heavy atom. The van der Waals surface area contributed by atoms with Gasteiger partial charge >= 0.3 is 0 Å². The maximum atomic E-state index is 14.1. The molecule has 2 atom stereocenters. The summed E-state index contributed by atoms with van der Waals surface area (Å²) < 4.78 is 34.5. The van der Waals surface area contributed by atoms with E-state index in [0.29, 0.717) is 5.75 Å². The zero-order chi connectivity index (χ0) is 29.4. The second-order valence-corrected chi connectivity index (χ2v) is 11.9. The predicted octanol–water partition coefficient (Wildman–Crippen LogP) is 4.84. The first kappa shape index (κ1) is 30.7. The maximum absolute atomic E-state index is 14.1. The van der Waals surface area contributed by atoms with Crippen LogP contribution in [0.2, 0.25) is 0 Å². The summed E-state index contributed by atoms with van der Waals surface area (Å²) in [6.07, 6.45) is 0.737. The average Bonchev–Trinajstić information content (AvgIpc) is 2.95. The highest BCUT2D eigenvalue weighted by Crippen LogP contribution is 2.33. The number of hydrogen-bond acceptors (Lipinski definition) is 5. The van der Waals surface area contributed by atoms with Gasteiger partial charge in [0.15, 0.2) is 0 Å². The van der Waals surface area contributed by atoms with Gasteiger partial charge in [0, 0.05) is 12.6 Å². The van der Waals surface area contributed by atoms with Gasteiger partial charge in [-0.2, -0.15) is 0 Å². The van der Waals surface area contributed by atoms with Crippen molar-refractivity contribution in [2.24, 2.45) is 0 Å². The van der Waals surface area contributed by atoms with Crippen LogP contribution in [0.4, 0.5) is 5.69 Å². The molecular formula is C31H39N3O5S. The number of nitrogens with one attached hydrogen (secondary N) is 1. The second-order valence-electron chi connectivity index (χ2n) is 10.0. The van der Waals surface area contributed by atoms with Crippen LogP contribution in [0.1, 0.15) is 43.9 Å². The maximum Gasteiger partial charge on any atom is 0.264 e. The molecule has 3 aromatic carbocycles. The lowest BCUT2D eigenvalue weighted by atomic mass is 10.1. The third kappa shape index (κ3) is 7.41. The van der Waals surface area contributed by atoms with E-state index in [2.05, 4.69) is 5.32 Å². The molecule has 0 bridgehead atoms. The van der Waals surface area contributed by atoms with Gasteiger partial charge in [-0.1, -0.05) is 61.0 Å². The molecule has 0 heterocycles. The SMILES string of the molecule is CC[C@H](C)NC(=O)[C@@H](C)N(Cc1ccc(C)cc1)C(=O)CN(c1cc(C)ccc1OC)S(=O)(=O)c1ccccc1. The molecule has 3 aromatic rings. The molecule has 0 aliphatic heterocycles. The van der Waals surface area contributed by atoms with Gasteiger partial charge in [0.1, 0.15) is 18.3 Å². The molecule has 0 aromatic heterocycles. The van der Waals surface area contributed by atoms with Crippen LogP contribution in [0.5, 0.6) is 5.75 Å². The molecule has 3 rings (SSSR count). The van der Waals surface area contributed by atoms with Crippen LogP contribution >= 0.6 is 0 Å². The van der Waals surface area contributed by atoms with E-state index in [1.165, 1.54) is 24.1 Å². The number of amides is 2. The van der Waals surface area contributed by atoms with Gasteiger partial charge in [0.2, 0.25) is 11.8 Å². The van der Waals surface area contributed by atoms with Crippen molar-refractivity contribution in [3.8, 4) is 5.75 Å². The summed E-state index contributed by atoms with van der Waals surface area (Å²) in [5.74, 6) is -0.513. The third-order valence-corrected chi connectivity index (χ3v) is 8.63. The van der Waals surface area contributed by atoms with E-state index >= 15 is 0 Å². The molecule has 0 aliphatic rings. The standard InChI is InChI=1S/C31H39N3O5S/c1-7-24(4)32-31(36)25(5)33(20-26-16-13-22(2)14-17-26)30(35)21-34(28-19-23(3)15-18-29(28)39-6)40(37,38)27-11-9-8-10-12-27/h8-19,24-25H,7,20-21H2,1-6H3,(H,32,36)/t24-,25+/m0/s1. The van der Waals surface area contributed by atoms with Crippen LogP contribution < -0.4 is 14.4 Å². The van der Waals surface area contributed by atoms with Gasteiger partial charge < -0.3 is 15.0 Å². The molecule has 40 heavy (non-hydrogen) atoms. The summed E-state index contributed by atoms with van der Waals surface area (Å²) in [5, 5.41) is 2.94. The van der Waals surface area contributed by atoms with Crippen LogP contribution in [-0.2, 0) is 26.2 Å². The second kappa shape index (κ2) is 13.5. The number of anilines is 1. The summed E-state index contributed by atoms with van der Waals surface area (Å²) >= 11 is 0. The summed E-state index contributed by atoms with van der Waals surface area (Å²) in [6.45, 7) is 8.94. The molecule has 0 fully saturated rings. The normalized spacial score (nSPS) is 12.8. The number of carbonyl (C=O) groups is 2. The zero-order valence-electron chi connectivity index (χ0n) is 24.0. The van der Waals surface area contributed by atoms with E-state index in [9.17, 15) is 18.0 Å². The zero-order valence-corrected chi connectivity index (χ0v) is 24.9. The van der Waals surface area contributed by atoms with Crippen molar-refractivity contribution in [1.82, 2.24) is 10.2 Å². The molecule has 0 radical (unpaired) electrons. The summed E-state index contributed by atoms with van der Waals surface area (Å²) in [6, 6.07) is 19.9. The number of nitrogens with zero attached hydrogens (tertiary/aromatic N) is 2. The van der Waals surface area contributed by atoms with Crippen LogP contribution in [0.15, 0.2) is 77.7 Å². The van der Waals surface area contributed by atoms with E-state index in [1.807, 2.05) is 58.0 Å². The number of rotatable bonds is 12. The molecule has 214 valence electrons. The van der Waals surface area contributed by atoms with Crippen molar-refractivity contribution in [3.05, 3.63) is 89.5 Å². The number of benzene rings is 3. The number of sulfonamides is 1. The van der Waals surface area contributed by atoms with Gasteiger partial charge in [-0.3, -0.25) is 13.9 Å². The van der Waals surface area contributed by atoms with Crippen molar-refractivity contribution in [2.75, 3.05) is 18.0 Å². The molecule has 8 nitrogen and oxygen atoms in total. The minimum Gasteiger partial charge on any atom is -0.495 e. The van der Waals surface area contributed by atoms with Gasteiger partial charge in [-0.15, -0.1) is 0 Å². The molecule has 0 unspecified atom stereocenters. The Balaban J connectivity index is 2.08. The smallest absolute Gasteiger partial charge is 0.264 e. The number of carbonyl (C=O) groups excluding carboxylic acids is 2. The highest BCUT2D eigenvalue weighted by Gasteiger charge is 2.34. The molecule has 0 saturated carbocycles. The van der Waals surface area contributed by atoms with E-state index in [-0.39, 0.29) is 29.1 Å². The Morgan fingerprint density at radius 1 is 0.925 bits per heavy atom. The molecule has 2 amide bonds. The summed E-state index contributed by atoms with van der Waals surface area (Å²) in [4.78, 5) is 28.7. The van der Waals surface area contributed by atoms with Crippen LogP contribution in [0, 0.1) is 13.8 Å². The number of hydrogen-bond donors (Lipinski definition) is 1. The van der Waals surface area contributed by atoms with E-state index < -0.39 is 28.5 Å². The molecule has 0 spiro atoms. The fraction of sp³-hybridized carbons (Fsp3) is 0.355. The Bertz CT molecular complexity index is 1410. The number of methoxy groups -OCH3 is 1. The topological polar surface area (TPSA) is 96.0 Å². The van der Waals surface area contributed by atoms with Gasteiger partial charge in [-0.05, 0) is 69.5 Å². The van der Waals surface area contributed by atoms with Gasteiger partial charge in [0.25, 0.3) is 10.0 Å². The number of ether oxygens (including phenoxy) is 1. The largest absolute Gasteiger partial charge is 0.495 e. The van der Waals surface area contributed by atoms with Gasteiger partial charge in [-0.25, -0.2) is 8.42 Å². The monoisotopic (exact) mass is 565 g/mol. The number of aryl methyl sites for hydroxylation is 2. The van der Waals surface area contributed by atoms with Crippen LogP contribution in [0.3, 0.4) is 0 Å². The Morgan fingerprint density at radius 3 is 2.15 bits per heavy atom. The lowest BCUT2D eigenvalue weighted by molar-refractivity contribution is -0.139. The van der Waals surface area contributed by atoms with Crippen LogP contribution in [0.25, 0.3) is 0 Å². The highest BCUT2D eigenvalue weighted by atomic mass is 32.2. The van der Waals surface area contributed by atoms with Crippen molar-refractivity contribution >= 4 is 27.5 Å². The molecular weight excluding hydrogens is 526 g/mol. The van der Waals surface area contributed by atoms with Crippen LogP contribution in [-0.4, -0.2) is 50.9 Å². The Kier molecular flexibility index (Phi) is 10.3. The third-order valence-electron chi connectivity index (χ3n) is 6.85. The first-order valence-corrected chi connectivity index (χ1v) is 14.8. The van der Waals surface area contributed by atoms with Gasteiger partial charge in [0.05, 0.1) is 17.7 Å².